The van der Waals surface area contributed by atoms with Crippen LogP contribution in [0.2, 0.25) is 0 Å². The first-order chi connectivity index (χ1) is 12.3. The molecule has 2 heterocycles. The number of para-hydroxylation sites is 1. The minimum atomic E-state index is 0.839. The number of rotatable bonds is 7. The molecule has 0 saturated heterocycles. The largest absolute Gasteiger partial charge is 0.361 e. The van der Waals surface area contributed by atoms with E-state index in [2.05, 4.69) is 61.4 Å². The number of thiazole rings is 1. The number of hydrogen-bond donors (Lipinski definition) is 3. The van der Waals surface area contributed by atoms with Crippen LogP contribution in [0.25, 0.3) is 10.9 Å². The van der Waals surface area contributed by atoms with Gasteiger partial charge in [0.15, 0.2) is 5.96 Å². The fourth-order valence-electron chi connectivity index (χ4n) is 2.88. The molecule has 0 saturated carbocycles. The minimum Gasteiger partial charge on any atom is -0.361 e. The average Bonchev–Trinajstić information content (AvgIpc) is 3.23. The van der Waals surface area contributed by atoms with Crippen LogP contribution < -0.4 is 10.6 Å². The Hall–Kier alpha value is -2.34. The third-order valence-electron chi connectivity index (χ3n) is 4.15. The van der Waals surface area contributed by atoms with Crippen LogP contribution in [0.1, 0.15) is 22.7 Å². The van der Waals surface area contributed by atoms with Gasteiger partial charge in [0.05, 0.1) is 10.7 Å². The Morgan fingerprint density at radius 2 is 2.04 bits per heavy atom. The highest BCUT2D eigenvalue weighted by atomic mass is 32.1. The highest BCUT2D eigenvalue weighted by Crippen LogP contribution is 2.18. The van der Waals surface area contributed by atoms with Crippen LogP contribution in [0.5, 0.6) is 0 Å². The van der Waals surface area contributed by atoms with Crippen LogP contribution in [-0.4, -0.2) is 36.1 Å². The van der Waals surface area contributed by atoms with E-state index < -0.39 is 0 Å². The zero-order valence-corrected chi connectivity index (χ0v) is 15.6. The SMILES string of the molecule is CN=C(NCCCc1c[nH]c2ccccc12)NCCc1csc(C)n1. The molecule has 1 aromatic carbocycles. The standard InChI is InChI=1S/C19H25N5S/c1-14-24-16(13-25-14)9-11-22-19(20-2)21-10-5-6-15-12-23-18-8-4-3-7-17(15)18/h3-4,7-8,12-13,23H,5-6,9-11H2,1-2H3,(H2,20,21,22). The first-order valence-corrected chi connectivity index (χ1v) is 9.55. The molecule has 3 N–H and O–H groups in total. The van der Waals surface area contributed by atoms with Gasteiger partial charge in [-0.15, -0.1) is 11.3 Å². The summed E-state index contributed by atoms with van der Waals surface area (Å²) < 4.78 is 0. The van der Waals surface area contributed by atoms with Crippen molar-refractivity contribution in [1.82, 2.24) is 20.6 Å². The summed E-state index contributed by atoms with van der Waals surface area (Å²) >= 11 is 1.70. The van der Waals surface area contributed by atoms with Crippen LogP contribution in [0.3, 0.4) is 0 Å². The first-order valence-electron chi connectivity index (χ1n) is 8.67. The fraction of sp³-hybridized carbons (Fsp3) is 0.368. The summed E-state index contributed by atoms with van der Waals surface area (Å²) in [4.78, 5) is 12.1. The maximum atomic E-state index is 4.48. The Labute approximate surface area is 152 Å². The van der Waals surface area contributed by atoms with Crippen molar-refractivity contribution < 1.29 is 0 Å². The van der Waals surface area contributed by atoms with Crippen molar-refractivity contribution in [3.63, 3.8) is 0 Å². The van der Waals surface area contributed by atoms with Crippen LogP contribution in [0.4, 0.5) is 0 Å². The van der Waals surface area contributed by atoms with Gasteiger partial charge < -0.3 is 15.6 Å². The third-order valence-corrected chi connectivity index (χ3v) is 4.98. The predicted octanol–water partition coefficient (Wildman–Crippen LogP) is 3.27. The van der Waals surface area contributed by atoms with Crippen molar-refractivity contribution in [3.8, 4) is 0 Å². The second-order valence-electron chi connectivity index (χ2n) is 6.00. The molecule has 0 aliphatic carbocycles. The zero-order valence-electron chi connectivity index (χ0n) is 14.8. The Kier molecular flexibility index (Phi) is 6.06. The van der Waals surface area contributed by atoms with Crippen molar-refractivity contribution in [1.29, 1.82) is 0 Å². The van der Waals surface area contributed by atoms with Crippen LogP contribution in [0.15, 0.2) is 40.8 Å². The molecule has 0 spiro atoms. The van der Waals surface area contributed by atoms with Crippen molar-refractivity contribution in [2.45, 2.75) is 26.2 Å². The second kappa shape index (κ2) is 8.67. The zero-order chi connectivity index (χ0) is 17.5. The molecule has 0 bridgehead atoms. The first kappa shape index (κ1) is 17.5. The van der Waals surface area contributed by atoms with Gasteiger partial charge >= 0.3 is 0 Å². The van der Waals surface area contributed by atoms with E-state index in [1.165, 1.54) is 16.5 Å². The molecule has 6 heteroatoms. The molecule has 3 aromatic rings. The summed E-state index contributed by atoms with van der Waals surface area (Å²) in [6, 6.07) is 8.45. The Morgan fingerprint density at radius 3 is 2.84 bits per heavy atom. The number of nitrogens with one attached hydrogen (secondary N) is 3. The van der Waals surface area contributed by atoms with Gasteiger partial charge in [-0.3, -0.25) is 4.99 Å². The van der Waals surface area contributed by atoms with Crippen molar-refractivity contribution in [2.75, 3.05) is 20.1 Å². The van der Waals surface area contributed by atoms with Crippen molar-refractivity contribution in [2.24, 2.45) is 4.99 Å². The van der Waals surface area contributed by atoms with Gasteiger partial charge in [0, 0.05) is 49.0 Å². The minimum absolute atomic E-state index is 0.839. The van der Waals surface area contributed by atoms with Gasteiger partial charge in [-0.05, 0) is 31.4 Å². The van der Waals surface area contributed by atoms with Gasteiger partial charge in [-0.1, -0.05) is 18.2 Å². The highest BCUT2D eigenvalue weighted by Gasteiger charge is 2.03. The molecule has 0 aliphatic rings. The molecular formula is C19H25N5S. The lowest BCUT2D eigenvalue weighted by molar-refractivity contribution is 0.738. The fourth-order valence-corrected chi connectivity index (χ4v) is 3.52. The maximum absolute atomic E-state index is 4.48. The molecule has 0 radical (unpaired) electrons. The molecule has 0 amide bonds. The summed E-state index contributed by atoms with van der Waals surface area (Å²) in [7, 11) is 1.81. The van der Waals surface area contributed by atoms with Gasteiger partial charge in [-0.25, -0.2) is 4.98 Å². The molecule has 5 nitrogen and oxygen atoms in total. The Balaban J connectivity index is 1.38. The summed E-state index contributed by atoms with van der Waals surface area (Å²) in [5.74, 6) is 0.853. The van der Waals surface area contributed by atoms with E-state index in [1.807, 2.05) is 14.0 Å². The van der Waals surface area contributed by atoms with E-state index in [0.29, 0.717) is 0 Å². The number of guanidine groups is 1. The normalized spacial score (nSPS) is 11.8. The third kappa shape index (κ3) is 4.82. The number of fused-ring (bicyclic) bond motifs is 1. The molecule has 0 atom stereocenters. The predicted molar refractivity (Wildman–Crippen MR) is 107 cm³/mol. The number of H-pyrrole nitrogens is 1. The molecule has 0 fully saturated rings. The van der Waals surface area contributed by atoms with Gasteiger partial charge in [-0.2, -0.15) is 0 Å². The van der Waals surface area contributed by atoms with Crippen LogP contribution in [-0.2, 0) is 12.8 Å². The Bertz CT molecular complexity index is 833. The lowest BCUT2D eigenvalue weighted by Gasteiger charge is -2.11. The summed E-state index contributed by atoms with van der Waals surface area (Å²) in [5.41, 5.74) is 3.73. The number of hydrogen-bond acceptors (Lipinski definition) is 3. The average molecular weight is 356 g/mol. The molecule has 25 heavy (non-hydrogen) atoms. The summed E-state index contributed by atoms with van der Waals surface area (Å²) in [6.45, 7) is 3.77. The molecular weight excluding hydrogens is 330 g/mol. The monoisotopic (exact) mass is 355 g/mol. The van der Waals surface area contributed by atoms with E-state index in [0.717, 1.165) is 49.0 Å². The molecule has 132 valence electrons. The highest BCUT2D eigenvalue weighted by molar-refractivity contribution is 7.09. The van der Waals surface area contributed by atoms with Gasteiger partial charge in [0.25, 0.3) is 0 Å². The number of aromatic nitrogens is 2. The smallest absolute Gasteiger partial charge is 0.190 e. The van der Waals surface area contributed by atoms with Crippen molar-refractivity contribution in [3.05, 3.63) is 52.1 Å². The molecule has 0 unspecified atom stereocenters. The number of aromatic amines is 1. The number of aryl methyl sites for hydroxylation is 2. The van der Waals surface area contributed by atoms with Crippen molar-refractivity contribution >= 4 is 28.2 Å². The lowest BCUT2D eigenvalue weighted by Crippen LogP contribution is -2.38. The summed E-state index contributed by atoms with van der Waals surface area (Å²) in [5, 5.41) is 11.3. The number of benzene rings is 1. The summed E-state index contributed by atoms with van der Waals surface area (Å²) in [6.07, 6.45) is 5.15. The van der Waals surface area contributed by atoms with Gasteiger partial charge in [0.2, 0.25) is 0 Å². The second-order valence-corrected chi connectivity index (χ2v) is 7.06. The quantitative estimate of drug-likeness (QED) is 0.346. The van der Waals surface area contributed by atoms with E-state index in [9.17, 15) is 0 Å². The van der Waals surface area contributed by atoms with Crippen LogP contribution in [0, 0.1) is 6.92 Å². The van der Waals surface area contributed by atoms with Crippen LogP contribution >= 0.6 is 11.3 Å². The molecule has 2 aromatic heterocycles. The number of nitrogens with zero attached hydrogens (tertiary/aromatic N) is 2. The van der Waals surface area contributed by atoms with Gasteiger partial charge in [0.1, 0.15) is 0 Å². The maximum Gasteiger partial charge on any atom is 0.190 e. The van der Waals surface area contributed by atoms with E-state index in [-0.39, 0.29) is 0 Å². The topological polar surface area (TPSA) is 65.1 Å². The molecule has 0 aliphatic heterocycles. The number of aliphatic imine (C=N–C) groups is 1. The van der Waals surface area contributed by atoms with E-state index in [4.69, 9.17) is 0 Å². The Morgan fingerprint density at radius 1 is 1.20 bits per heavy atom. The lowest BCUT2D eigenvalue weighted by atomic mass is 10.1. The molecule has 3 rings (SSSR count). The van der Waals surface area contributed by atoms with E-state index in [1.54, 1.807) is 11.3 Å². The van der Waals surface area contributed by atoms with E-state index >= 15 is 0 Å².